The van der Waals surface area contributed by atoms with Crippen LogP contribution in [0, 0.1) is 0 Å². The summed E-state index contributed by atoms with van der Waals surface area (Å²) in [4.78, 5) is 23.6. The van der Waals surface area contributed by atoms with Gasteiger partial charge in [0.1, 0.15) is 0 Å². The predicted molar refractivity (Wildman–Crippen MR) is 76.7 cm³/mol. The molecule has 3 N–H and O–H groups in total. The summed E-state index contributed by atoms with van der Waals surface area (Å²) < 4.78 is 0. The number of anilines is 1. The Balaban J connectivity index is 1.68. The first-order valence-electron chi connectivity index (χ1n) is 7.09. The summed E-state index contributed by atoms with van der Waals surface area (Å²) >= 11 is 0. The maximum Gasteiger partial charge on any atom is 0.251 e. The van der Waals surface area contributed by atoms with E-state index < -0.39 is 0 Å². The summed E-state index contributed by atoms with van der Waals surface area (Å²) in [7, 11) is 0. The van der Waals surface area contributed by atoms with Crippen molar-refractivity contribution in [2.75, 3.05) is 11.9 Å². The fraction of sp³-hybridized carbons (Fsp3) is 0.467. The normalized spacial score (nSPS) is 24.9. The zero-order valence-corrected chi connectivity index (χ0v) is 11.5. The van der Waals surface area contributed by atoms with Gasteiger partial charge in [-0.25, -0.2) is 0 Å². The van der Waals surface area contributed by atoms with Gasteiger partial charge in [-0.15, -0.1) is 0 Å². The molecule has 0 saturated carbocycles. The van der Waals surface area contributed by atoms with E-state index in [9.17, 15) is 9.59 Å². The summed E-state index contributed by atoms with van der Waals surface area (Å²) in [6.07, 6.45) is 2.31. The van der Waals surface area contributed by atoms with Crippen molar-refractivity contribution in [2.45, 2.75) is 38.3 Å². The van der Waals surface area contributed by atoms with Crippen LogP contribution in [0.3, 0.4) is 0 Å². The Morgan fingerprint density at radius 3 is 3.05 bits per heavy atom. The van der Waals surface area contributed by atoms with E-state index >= 15 is 0 Å². The lowest BCUT2D eigenvalue weighted by Crippen LogP contribution is -2.46. The molecule has 2 atom stereocenters. The highest BCUT2D eigenvalue weighted by molar-refractivity contribution is 6.02. The number of rotatable bonds is 2. The summed E-state index contributed by atoms with van der Waals surface area (Å²) in [5.74, 6) is -0.0715. The SMILES string of the molecule is CC1CC(NC(=O)c2ccc3c(c2)NC(=O)C3)CCN1. The van der Waals surface area contributed by atoms with Gasteiger partial charge in [0.05, 0.1) is 6.42 Å². The molecule has 2 unspecified atom stereocenters. The van der Waals surface area contributed by atoms with Crippen molar-refractivity contribution in [3.63, 3.8) is 0 Å². The average Bonchev–Trinajstić information content (AvgIpc) is 2.77. The van der Waals surface area contributed by atoms with Crippen LogP contribution in [-0.2, 0) is 11.2 Å². The van der Waals surface area contributed by atoms with E-state index in [0.29, 0.717) is 18.0 Å². The Labute approximate surface area is 118 Å². The molecule has 0 radical (unpaired) electrons. The van der Waals surface area contributed by atoms with Crippen molar-refractivity contribution < 1.29 is 9.59 Å². The molecule has 0 bridgehead atoms. The van der Waals surface area contributed by atoms with E-state index in [0.717, 1.165) is 30.6 Å². The molecule has 20 heavy (non-hydrogen) atoms. The first-order chi connectivity index (χ1) is 9.61. The summed E-state index contributed by atoms with van der Waals surface area (Å²) in [5.41, 5.74) is 2.33. The zero-order valence-electron chi connectivity index (χ0n) is 11.5. The largest absolute Gasteiger partial charge is 0.349 e. The number of nitrogens with one attached hydrogen (secondary N) is 3. The average molecular weight is 273 g/mol. The van der Waals surface area contributed by atoms with Crippen LogP contribution in [0.25, 0.3) is 0 Å². The van der Waals surface area contributed by atoms with E-state index in [2.05, 4.69) is 22.9 Å². The van der Waals surface area contributed by atoms with Gasteiger partial charge < -0.3 is 16.0 Å². The smallest absolute Gasteiger partial charge is 0.251 e. The van der Waals surface area contributed by atoms with E-state index in [1.54, 1.807) is 12.1 Å². The molecule has 3 rings (SSSR count). The van der Waals surface area contributed by atoms with Crippen molar-refractivity contribution in [3.05, 3.63) is 29.3 Å². The Morgan fingerprint density at radius 2 is 2.25 bits per heavy atom. The molecule has 2 aliphatic heterocycles. The van der Waals surface area contributed by atoms with E-state index in [1.165, 1.54) is 0 Å². The van der Waals surface area contributed by atoms with Crippen molar-refractivity contribution in [1.82, 2.24) is 10.6 Å². The van der Waals surface area contributed by atoms with Crippen LogP contribution in [0.1, 0.15) is 35.7 Å². The highest BCUT2D eigenvalue weighted by atomic mass is 16.2. The Kier molecular flexibility index (Phi) is 3.44. The third-order valence-electron chi connectivity index (χ3n) is 3.96. The maximum absolute atomic E-state index is 12.3. The van der Waals surface area contributed by atoms with Gasteiger partial charge >= 0.3 is 0 Å². The molecular weight excluding hydrogens is 254 g/mol. The second-order valence-electron chi connectivity index (χ2n) is 5.65. The summed E-state index contributed by atoms with van der Waals surface area (Å²) in [5, 5.41) is 9.22. The Hall–Kier alpha value is -1.88. The minimum Gasteiger partial charge on any atom is -0.349 e. The molecule has 106 valence electrons. The highest BCUT2D eigenvalue weighted by Crippen LogP contribution is 2.24. The van der Waals surface area contributed by atoms with Crippen LogP contribution in [0.2, 0.25) is 0 Å². The van der Waals surface area contributed by atoms with Gasteiger partial charge in [-0.05, 0) is 44.0 Å². The zero-order chi connectivity index (χ0) is 14.1. The standard InChI is InChI=1S/C15H19N3O2/c1-9-6-12(4-5-16-9)17-15(20)11-3-2-10-8-14(19)18-13(10)7-11/h2-3,7,9,12,16H,4-6,8H2,1H3,(H,17,20)(H,18,19). The topological polar surface area (TPSA) is 70.2 Å². The lowest BCUT2D eigenvalue weighted by molar-refractivity contribution is -0.115. The monoisotopic (exact) mass is 273 g/mol. The Morgan fingerprint density at radius 1 is 1.40 bits per heavy atom. The van der Waals surface area contributed by atoms with Crippen LogP contribution in [-0.4, -0.2) is 30.4 Å². The molecule has 1 saturated heterocycles. The predicted octanol–water partition coefficient (Wildman–Crippen LogP) is 1.05. The van der Waals surface area contributed by atoms with E-state index in [1.807, 2.05) is 6.07 Å². The van der Waals surface area contributed by atoms with Crippen LogP contribution >= 0.6 is 0 Å². The van der Waals surface area contributed by atoms with Crippen LogP contribution < -0.4 is 16.0 Å². The van der Waals surface area contributed by atoms with Crippen molar-refractivity contribution in [3.8, 4) is 0 Å². The van der Waals surface area contributed by atoms with Gasteiger partial charge in [0.15, 0.2) is 0 Å². The number of hydrogen-bond acceptors (Lipinski definition) is 3. The van der Waals surface area contributed by atoms with Crippen LogP contribution in [0.15, 0.2) is 18.2 Å². The minimum atomic E-state index is -0.0620. The Bertz CT molecular complexity index is 556. The van der Waals surface area contributed by atoms with Crippen LogP contribution in [0.5, 0.6) is 0 Å². The number of carbonyl (C=O) groups excluding carboxylic acids is 2. The third kappa shape index (κ3) is 2.67. The van der Waals surface area contributed by atoms with Gasteiger partial charge in [-0.3, -0.25) is 9.59 Å². The molecule has 0 spiro atoms. The summed E-state index contributed by atoms with van der Waals surface area (Å²) in [6, 6.07) is 6.07. The van der Waals surface area contributed by atoms with Crippen molar-refractivity contribution in [2.24, 2.45) is 0 Å². The molecule has 2 heterocycles. The van der Waals surface area contributed by atoms with Crippen LogP contribution in [0.4, 0.5) is 5.69 Å². The molecule has 1 fully saturated rings. The first kappa shape index (κ1) is 13.1. The third-order valence-corrected chi connectivity index (χ3v) is 3.96. The highest BCUT2D eigenvalue weighted by Gasteiger charge is 2.22. The first-order valence-corrected chi connectivity index (χ1v) is 7.09. The van der Waals surface area contributed by atoms with Gasteiger partial charge in [-0.2, -0.15) is 0 Å². The molecule has 0 aromatic heterocycles. The van der Waals surface area contributed by atoms with Crippen molar-refractivity contribution >= 4 is 17.5 Å². The number of fused-ring (bicyclic) bond motifs is 1. The fourth-order valence-corrected chi connectivity index (χ4v) is 2.89. The molecule has 2 amide bonds. The minimum absolute atomic E-state index is 0.00950. The number of amides is 2. The van der Waals surface area contributed by atoms with Crippen molar-refractivity contribution in [1.29, 1.82) is 0 Å². The lowest BCUT2D eigenvalue weighted by atomic mass is 10.00. The lowest BCUT2D eigenvalue weighted by Gasteiger charge is -2.28. The fourth-order valence-electron chi connectivity index (χ4n) is 2.89. The summed E-state index contributed by atoms with van der Waals surface area (Å²) in [6.45, 7) is 3.07. The maximum atomic E-state index is 12.3. The molecule has 1 aromatic rings. The quantitative estimate of drug-likeness (QED) is 0.754. The van der Waals surface area contributed by atoms with Gasteiger partial charge in [-0.1, -0.05) is 6.07 Å². The number of hydrogen-bond donors (Lipinski definition) is 3. The van der Waals surface area contributed by atoms with E-state index in [-0.39, 0.29) is 17.9 Å². The molecule has 2 aliphatic rings. The molecule has 5 nitrogen and oxygen atoms in total. The van der Waals surface area contributed by atoms with Gasteiger partial charge in [0, 0.05) is 23.3 Å². The number of carbonyl (C=O) groups is 2. The van der Waals surface area contributed by atoms with Gasteiger partial charge in [0.25, 0.3) is 5.91 Å². The molecule has 0 aliphatic carbocycles. The molecular formula is C15H19N3O2. The molecule has 1 aromatic carbocycles. The second-order valence-corrected chi connectivity index (χ2v) is 5.65. The molecule has 5 heteroatoms. The number of benzene rings is 1. The second kappa shape index (κ2) is 5.25. The number of piperidine rings is 1. The van der Waals surface area contributed by atoms with Gasteiger partial charge in [0.2, 0.25) is 5.91 Å². The van der Waals surface area contributed by atoms with E-state index in [4.69, 9.17) is 0 Å².